The smallest absolute Gasteiger partial charge is 0.416 e. The van der Waals surface area contributed by atoms with E-state index in [-0.39, 0.29) is 20.6 Å². The van der Waals surface area contributed by atoms with Gasteiger partial charge in [-0.3, -0.25) is 4.79 Å². The van der Waals surface area contributed by atoms with E-state index in [1.54, 1.807) is 0 Å². The van der Waals surface area contributed by atoms with Crippen LogP contribution in [-0.2, 0) is 11.0 Å². The molecule has 0 saturated carbocycles. The van der Waals surface area contributed by atoms with Crippen LogP contribution in [0.1, 0.15) is 34.5 Å². The average molecular weight is 426 g/mol. The van der Waals surface area contributed by atoms with Crippen LogP contribution in [0.25, 0.3) is 10.2 Å². The highest BCUT2D eigenvalue weighted by atomic mass is 32.1. The first-order chi connectivity index (χ1) is 13.5. The summed E-state index contributed by atoms with van der Waals surface area (Å²) in [5.74, 6) is -2.81. The molecule has 1 unspecified atom stereocenters. The number of carbonyl (C=O) groups excluding carboxylic acids is 1. The van der Waals surface area contributed by atoms with Crippen LogP contribution in [-0.4, -0.2) is 21.6 Å². The molecule has 0 aliphatic rings. The minimum atomic E-state index is -4.63. The van der Waals surface area contributed by atoms with E-state index in [1.807, 2.05) is 0 Å². The minimum Gasteiger partial charge on any atom is -0.480 e. The first kappa shape index (κ1) is 20.7. The summed E-state index contributed by atoms with van der Waals surface area (Å²) < 4.78 is 54.4. The third-order valence-corrected chi connectivity index (χ3v) is 5.37. The van der Waals surface area contributed by atoms with Crippen molar-refractivity contribution in [3.05, 3.63) is 63.7 Å². The summed E-state index contributed by atoms with van der Waals surface area (Å²) in [5, 5.41) is 9.38. The zero-order valence-electron chi connectivity index (χ0n) is 15.1. The van der Waals surface area contributed by atoms with Gasteiger partial charge in [0.1, 0.15) is 11.9 Å². The van der Waals surface area contributed by atoms with Gasteiger partial charge in [0.2, 0.25) is 0 Å². The number of halogens is 4. The summed E-state index contributed by atoms with van der Waals surface area (Å²) in [6, 6.07) is 5.53. The van der Waals surface area contributed by atoms with Crippen molar-refractivity contribution < 1.29 is 32.3 Å². The predicted molar refractivity (Wildman–Crippen MR) is 98.2 cm³/mol. The highest BCUT2D eigenvalue weighted by molar-refractivity contribution is 7.16. The molecule has 0 spiro atoms. The summed E-state index contributed by atoms with van der Waals surface area (Å²) in [6.07, 6.45) is -4.63. The highest BCUT2D eigenvalue weighted by Gasteiger charge is 2.31. The summed E-state index contributed by atoms with van der Waals surface area (Å²) in [4.78, 5) is 27.7. The number of carboxylic acid groups (broad SMARTS) is 1. The third-order valence-electron chi connectivity index (χ3n) is 4.31. The monoisotopic (exact) mass is 426 g/mol. The van der Waals surface area contributed by atoms with Crippen molar-refractivity contribution in [1.82, 2.24) is 4.57 Å². The Morgan fingerprint density at radius 2 is 1.90 bits per heavy atom. The zero-order chi connectivity index (χ0) is 21.5. The molecule has 0 aliphatic heterocycles. The first-order valence-corrected chi connectivity index (χ1v) is 9.11. The lowest BCUT2D eigenvalue weighted by atomic mass is 10.1. The van der Waals surface area contributed by atoms with Crippen molar-refractivity contribution >= 4 is 33.4 Å². The van der Waals surface area contributed by atoms with Crippen molar-refractivity contribution in [2.45, 2.75) is 26.1 Å². The lowest BCUT2D eigenvalue weighted by molar-refractivity contribution is -0.140. The van der Waals surface area contributed by atoms with Crippen molar-refractivity contribution in [2.24, 2.45) is 4.99 Å². The SMILES string of the molecule is Cc1ccc2c(s/c(=N\C(=O)c3cccc(C(F)(F)F)c3)n2C(C)C(=O)O)c1F. The van der Waals surface area contributed by atoms with Gasteiger partial charge in [-0.2, -0.15) is 18.2 Å². The Kier molecular flexibility index (Phi) is 5.31. The van der Waals surface area contributed by atoms with Gasteiger partial charge >= 0.3 is 12.1 Å². The fraction of sp³-hybridized carbons (Fsp3) is 0.211. The van der Waals surface area contributed by atoms with Crippen molar-refractivity contribution in [1.29, 1.82) is 0 Å². The van der Waals surface area contributed by atoms with E-state index < -0.39 is 35.5 Å². The Hall–Kier alpha value is -3.01. The second kappa shape index (κ2) is 7.43. The van der Waals surface area contributed by atoms with Gasteiger partial charge in [-0.05, 0) is 43.7 Å². The number of aryl methyl sites for hydroxylation is 1. The zero-order valence-corrected chi connectivity index (χ0v) is 15.9. The predicted octanol–water partition coefficient (Wildman–Crippen LogP) is 4.56. The maximum atomic E-state index is 14.5. The van der Waals surface area contributed by atoms with Gasteiger partial charge in [-0.1, -0.05) is 23.5 Å². The molecule has 1 amide bonds. The van der Waals surface area contributed by atoms with E-state index >= 15 is 0 Å². The first-order valence-electron chi connectivity index (χ1n) is 8.30. The number of alkyl halides is 3. The van der Waals surface area contributed by atoms with Crippen LogP contribution in [0.4, 0.5) is 17.6 Å². The van der Waals surface area contributed by atoms with E-state index in [9.17, 15) is 32.3 Å². The number of hydrogen-bond donors (Lipinski definition) is 1. The summed E-state index contributed by atoms with van der Waals surface area (Å²) in [5.41, 5.74) is -0.778. The van der Waals surface area contributed by atoms with Gasteiger partial charge in [-0.25, -0.2) is 9.18 Å². The molecular formula is C19H14F4N2O3S. The molecule has 0 fully saturated rings. The topological polar surface area (TPSA) is 71.7 Å². The number of aromatic nitrogens is 1. The quantitative estimate of drug-likeness (QED) is 0.625. The largest absolute Gasteiger partial charge is 0.480 e. The Bertz CT molecular complexity index is 1190. The van der Waals surface area contributed by atoms with Crippen molar-refractivity contribution in [3.63, 3.8) is 0 Å². The van der Waals surface area contributed by atoms with Crippen LogP contribution in [0, 0.1) is 12.7 Å². The second-order valence-electron chi connectivity index (χ2n) is 6.31. The molecule has 3 rings (SSSR count). The fourth-order valence-corrected chi connectivity index (χ4v) is 3.90. The minimum absolute atomic E-state index is 0.105. The number of aliphatic carboxylic acids is 1. The van der Waals surface area contributed by atoms with Crippen LogP contribution in [0.2, 0.25) is 0 Å². The average Bonchev–Trinajstić information content (AvgIpc) is 3.02. The fourth-order valence-electron chi connectivity index (χ4n) is 2.72. The molecule has 1 heterocycles. The third kappa shape index (κ3) is 3.93. The number of amides is 1. The van der Waals surface area contributed by atoms with Crippen LogP contribution in [0.3, 0.4) is 0 Å². The standard InChI is InChI=1S/C19H14F4N2O3S/c1-9-6-7-13-15(14(9)20)29-18(25(13)10(2)17(27)28)24-16(26)11-4-3-5-12(8-11)19(21,22)23/h3-8,10H,1-2H3,(H,27,28)/b24-18-. The van der Waals surface area contributed by atoms with Crippen molar-refractivity contribution in [3.8, 4) is 0 Å². The molecular weight excluding hydrogens is 412 g/mol. The molecule has 2 aromatic carbocycles. The molecule has 3 aromatic rings. The van der Waals surface area contributed by atoms with Crippen molar-refractivity contribution in [2.75, 3.05) is 0 Å². The normalized spacial score (nSPS) is 13.7. The molecule has 0 saturated heterocycles. The summed E-state index contributed by atoms with van der Waals surface area (Å²) >= 11 is 0.758. The molecule has 5 nitrogen and oxygen atoms in total. The van der Waals surface area contributed by atoms with Gasteiger partial charge in [0.05, 0.1) is 15.8 Å². The molecule has 10 heteroatoms. The number of hydrogen-bond acceptors (Lipinski definition) is 3. The van der Waals surface area contributed by atoms with Gasteiger partial charge in [0.25, 0.3) is 5.91 Å². The Labute approximate surface area is 165 Å². The second-order valence-corrected chi connectivity index (χ2v) is 7.29. The number of thiazole rings is 1. The van der Waals surface area contributed by atoms with Gasteiger partial charge in [-0.15, -0.1) is 0 Å². The number of rotatable bonds is 3. The van der Waals surface area contributed by atoms with Crippen LogP contribution in [0.15, 0.2) is 41.4 Å². The molecule has 1 N–H and O–H groups in total. The van der Waals surface area contributed by atoms with E-state index in [2.05, 4.69) is 4.99 Å². The summed E-state index contributed by atoms with van der Waals surface area (Å²) in [7, 11) is 0. The van der Waals surface area contributed by atoms with E-state index in [0.717, 1.165) is 23.5 Å². The molecule has 29 heavy (non-hydrogen) atoms. The van der Waals surface area contributed by atoms with E-state index in [4.69, 9.17) is 0 Å². The lowest BCUT2D eigenvalue weighted by Gasteiger charge is -2.10. The molecule has 1 atom stereocenters. The number of nitrogens with zero attached hydrogens (tertiary/aromatic N) is 2. The van der Waals surface area contributed by atoms with Crippen LogP contribution >= 0.6 is 11.3 Å². The Morgan fingerprint density at radius 3 is 2.52 bits per heavy atom. The van der Waals surface area contributed by atoms with E-state index in [1.165, 1.54) is 36.6 Å². The molecule has 1 aromatic heterocycles. The van der Waals surface area contributed by atoms with Gasteiger partial charge in [0.15, 0.2) is 4.80 Å². The van der Waals surface area contributed by atoms with Gasteiger partial charge in [0, 0.05) is 5.56 Å². The molecule has 0 bridgehead atoms. The number of benzene rings is 2. The lowest BCUT2D eigenvalue weighted by Crippen LogP contribution is -2.25. The van der Waals surface area contributed by atoms with E-state index in [0.29, 0.717) is 11.6 Å². The molecule has 0 radical (unpaired) electrons. The maximum Gasteiger partial charge on any atom is 0.416 e. The summed E-state index contributed by atoms with van der Waals surface area (Å²) in [6.45, 7) is 2.87. The van der Waals surface area contributed by atoms with Crippen LogP contribution in [0.5, 0.6) is 0 Å². The molecule has 152 valence electrons. The van der Waals surface area contributed by atoms with Crippen LogP contribution < -0.4 is 4.80 Å². The van der Waals surface area contributed by atoms with Gasteiger partial charge < -0.3 is 9.67 Å². The number of fused-ring (bicyclic) bond motifs is 1. The maximum absolute atomic E-state index is 14.5. The number of carbonyl (C=O) groups is 2. The molecule has 0 aliphatic carbocycles. The Morgan fingerprint density at radius 1 is 1.21 bits per heavy atom. The highest BCUT2D eigenvalue weighted by Crippen LogP contribution is 2.30. The Balaban J connectivity index is 2.22. The number of carboxylic acids is 1.